The van der Waals surface area contributed by atoms with Crippen molar-refractivity contribution in [2.75, 3.05) is 5.32 Å². The second kappa shape index (κ2) is 6.91. The molecule has 122 valence electrons. The van der Waals surface area contributed by atoms with E-state index in [2.05, 4.69) is 5.32 Å². The molecule has 5 heteroatoms. The minimum absolute atomic E-state index is 0.134. The predicted molar refractivity (Wildman–Crippen MR) is 94.2 cm³/mol. The maximum atomic E-state index is 12.3. The van der Waals surface area contributed by atoms with Gasteiger partial charge in [-0.1, -0.05) is 23.7 Å². The fourth-order valence-corrected chi connectivity index (χ4v) is 2.69. The van der Waals surface area contributed by atoms with Gasteiger partial charge in [0.1, 0.15) is 18.1 Å². The zero-order valence-electron chi connectivity index (χ0n) is 13.0. The normalized spacial score (nSPS) is 10.6. The molecule has 4 nitrogen and oxygen atoms in total. The van der Waals surface area contributed by atoms with Gasteiger partial charge in [-0.3, -0.25) is 4.79 Å². The number of aryl methyl sites for hydroxylation is 1. The van der Waals surface area contributed by atoms with E-state index in [0.717, 1.165) is 11.1 Å². The van der Waals surface area contributed by atoms with Gasteiger partial charge in [-0.25, -0.2) is 0 Å². The summed E-state index contributed by atoms with van der Waals surface area (Å²) in [7, 11) is 0. The Hall–Kier alpha value is -2.56. The van der Waals surface area contributed by atoms with Crippen molar-refractivity contribution in [2.24, 2.45) is 0 Å². The number of hydrogen-bond donors (Lipinski definition) is 2. The van der Waals surface area contributed by atoms with Gasteiger partial charge in [-0.05, 0) is 55.0 Å². The highest BCUT2D eigenvalue weighted by molar-refractivity contribution is 6.34. The summed E-state index contributed by atoms with van der Waals surface area (Å²) in [6.07, 6.45) is 0. The molecule has 24 heavy (non-hydrogen) atoms. The quantitative estimate of drug-likeness (QED) is 0.725. The van der Waals surface area contributed by atoms with E-state index in [1.807, 2.05) is 25.1 Å². The van der Waals surface area contributed by atoms with Crippen LogP contribution < -0.4 is 5.32 Å². The molecule has 0 radical (unpaired) electrons. The number of anilines is 1. The first kappa shape index (κ1) is 16.3. The molecule has 0 atom stereocenters. The Bertz CT molecular complexity index is 886. The molecule has 2 N–H and O–H groups in total. The van der Waals surface area contributed by atoms with E-state index in [1.54, 1.807) is 36.4 Å². The molecule has 0 saturated carbocycles. The van der Waals surface area contributed by atoms with Gasteiger partial charge in [0.2, 0.25) is 0 Å². The smallest absolute Gasteiger partial charge is 0.257 e. The molecule has 1 amide bonds. The maximum Gasteiger partial charge on any atom is 0.257 e. The Kier molecular flexibility index (Phi) is 4.69. The Labute approximate surface area is 144 Å². The summed E-state index contributed by atoms with van der Waals surface area (Å²) in [5.74, 6) is 0.939. The van der Waals surface area contributed by atoms with Crippen LogP contribution in [-0.2, 0) is 6.61 Å². The lowest BCUT2D eigenvalue weighted by atomic mass is 10.1. The summed E-state index contributed by atoms with van der Waals surface area (Å²) < 4.78 is 5.55. The number of aliphatic hydroxyl groups is 1. The summed E-state index contributed by atoms with van der Waals surface area (Å²) in [5, 5.41) is 12.3. The summed E-state index contributed by atoms with van der Waals surface area (Å²) in [5.41, 5.74) is 2.96. The summed E-state index contributed by atoms with van der Waals surface area (Å²) in [6, 6.07) is 16.0. The van der Waals surface area contributed by atoms with Gasteiger partial charge >= 0.3 is 0 Å². The van der Waals surface area contributed by atoms with E-state index < -0.39 is 0 Å². The molecule has 0 unspecified atom stereocenters. The Morgan fingerprint density at radius 2 is 1.96 bits per heavy atom. The van der Waals surface area contributed by atoms with Crippen LogP contribution in [0.4, 0.5) is 5.69 Å². The molecule has 2 aromatic carbocycles. The average molecular weight is 342 g/mol. The zero-order chi connectivity index (χ0) is 17.1. The largest absolute Gasteiger partial charge is 0.459 e. The molecule has 1 aromatic heterocycles. The number of hydrogen-bond acceptors (Lipinski definition) is 3. The highest BCUT2D eigenvalue weighted by Gasteiger charge is 2.12. The maximum absolute atomic E-state index is 12.3. The van der Waals surface area contributed by atoms with Gasteiger partial charge in [0, 0.05) is 11.3 Å². The number of carbonyl (C=O) groups is 1. The highest BCUT2D eigenvalue weighted by Crippen LogP contribution is 2.28. The molecule has 0 bridgehead atoms. The van der Waals surface area contributed by atoms with Crippen molar-refractivity contribution >= 4 is 23.2 Å². The molecule has 0 spiro atoms. The predicted octanol–water partition coefficient (Wildman–Crippen LogP) is 4.65. The van der Waals surface area contributed by atoms with Gasteiger partial charge in [0.05, 0.1) is 10.6 Å². The Morgan fingerprint density at radius 3 is 2.62 bits per heavy atom. The first-order valence-electron chi connectivity index (χ1n) is 7.45. The second-order valence-corrected chi connectivity index (χ2v) is 5.79. The number of carbonyl (C=O) groups excluding carboxylic acids is 1. The molecule has 0 aliphatic rings. The van der Waals surface area contributed by atoms with Gasteiger partial charge < -0.3 is 14.8 Å². The molecular weight excluding hydrogens is 326 g/mol. The van der Waals surface area contributed by atoms with E-state index in [4.69, 9.17) is 21.1 Å². The molecule has 3 rings (SSSR count). The van der Waals surface area contributed by atoms with Gasteiger partial charge in [0.25, 0.3) is 5.91 Å². The van der Waals surface area contributed by atoms with Crippen molar-refractivity contribution < 1.29 is 14.3 Å². The Balaban J connectivity index is 1.82. The molecule has 0 aliphatic carbocycles. The highest BCUT2D eigenvalue weighted by atomic mass is 35.5. The SMILES string of the molecule is Cc1cc(NC(=O)c2ccccc2Cl)ccc1-c1ccc(CO)o1. The fourth-order valence-electron chi connectivity index (χ4n) is 2.47. The van der Waals surface area contributed by atoms with Gasteiger partial charge in [-0.15, -0.1) is 0 Å². The summed E-state index contributed by atoms with van der Waals surface area (Å²) in [4.78, 5) is 12.3. The monoisotopic (exact) mass is 341 g/mol. The molecular formula is C19H16ClNO3. The third-order valence-electron chi connectivity index (χ3n) is 3.69. The van der Waals surface area contributed by atoms with Crippen molar-refractivity contribution in [3.05, 3.63) is 76.5 Å². The van der Waals surface area contributed by atoms with Gasteiger partial charge in [0.15, 0.2) is 0 Å². The lowest BCUT2D eigenvalue weighted by Crippen LogP contribution is -2.12. The van der Waals surface area contributed by atoms with Crippen molar-refractivity contribution in [3.63, 3.8) is 0 Å². The van der Waals surface area contributed by atoms with E-state index in [9.17, 15) is 4.79 Å². The fraction of sp³-hybridized carbons (Fsp3) is 0.105. The number of benzene rings is 2. The molecule has 1 heterocycles. The number of furan rings is 1. The van der Waals surface area contributed by atoms with Crippen LogP contribution in [0.3, 0.4) is 0 Å². The molecule has 0 fully saturated rings. The van der Waals surface area contributed by atoms with Crippen LogP contribution >= 0.6 is 11.6 Å². The average Bonchev–Trinajstić information content (AvgIpc) is 3.04. The summed E-state index contributed by atoms with van der Waals surface area (Å²) in [6.45, 7) is 1.80. The molecule has 3 aromatic rings. The van der Waals surface area contributed by atoms with Crippen molar-refractivity contribution in [1.82, 2.24) is 0 Å². The van der Waals surface area contributed by atoms with E-state index >= 15 is 0 Å². The lowest BCUT2D eigenvalue weighted by Gasteiger charge is -2.09. The van der Waals surface area contributed by atoms with Crippen LogP contribution in [0.1, 0.15) is 21.7 Å². The third-order valence-corrected chi connectivity index (χ3v) is 4.02. The van der Waals surface area contributed by atoms with Crippen molar-refractivity contribution in [2.45, 2.75) is 13.5 Å². The van der Waals surface area contributed by atoms with Crippen LogP contribution in [-0.4, -0.2) is 11.0 Å². The zero-order valence-corrected chi connectivity index (χ0v) is 13.8. The first-order chi connectivity index (χ1) is 11.6. The minimum Gasteiger partial charge on any atom is -0.459 e. The Morgan fingerprint density at radius 1 is 1.17 bits per heavy atom. The number of aliphatic hydroxyl groups excluding tert-OH is 1. The van der Waals surface area contributed by atoms with E-state index in [1.165, 1.54) is 0 Å². The number of halogens is 1. The number of amides is 1. The lowest BCUT2D eigenvalue weighted by molar-refractivity contribution is 0.102. The minimum atomic E-state index is -0.256. The van der Waals surface area contributed by atoms with E-state index in [-0.39, 0.29) is 12.5 Å². The standard InChI is InChI=1S/C19H16ClNO3/c1-12-10-13(21-19(23)16-4-2-3-5-17(16)20)6-8-15(12)18-9-7-14(11-22)24-18/h2-10,22H,11H2,1H3,(H,21,23). The van der Waals surface area contributed by atoms with E-state index in [0.29, 0.717) is 27.8 Å². The van der Waals surface area contributed by atoms with Crippen LogP contribution in [0.25, 0.3) is 11.3 Å². The third kappa shape index (κ3) is 3.35. The number of nitrogens with one attached hydrogen (secondary N) is 1. The van der Waals surface area contributed by atoms with Crippen molar-refractivity contribution in [1.29, 1.82) is 0 Å². The first-order valence-corrected chi connectivity index (χ1v) is 7.83. The van der Waals surface area contributed by atoms with Crippen LogP contribution in [0.2, 0.25) is 5.02 Å². The van der Waals surface area contributed by atoms with Crippen molar-refractivity contribution in [3.8, 4) is 11.3 Å². The van der Waals surface area contributed by atoms with Gasteiger partial charge in [-0.2, -0.15) is 0 Å². The summed E-state index contributed by atoms with van der Waals surface area (Å²) >= 11 is 6.04. The second-order valence-electron chi connectivity index (χ2n) is 5.39. The van der Waals surface area contributed by atoms with Crippen LogP contribution in [0.5, 0.6) is 0 Å². The molecule has 0 aliphatic heterocycles. The van der Waals surface area contributed by atoms with Crippen LogP contribution in [0.15, 0.2) is 59.0 Å². The topological polar surface area (TPSA) is 62.5 Å². The molecule has 0 saturated heterocycles. The van der Waals surface area contributed by atoms with Crippen LogP contribution in [0, 0.1) is 6.92 Å². The number of rotatable bonds is 4.